The van der Waals surface area contributed by atoms with Crippen LogP contribution in [0.25, 0.3) is 0 Å². The lowest BCUT2D eigenvalue weighted by molar-refractivity contribution is -0.143. The van der Waals surface area contributed by atoms with Gasteiger partial charge in [0.25, 0.3) is 0 Å². The zero-order chi connectivity index (χ0) is 28.8. The molecule has 2 aromatic rings. The van der Waals surface area contributed by atoms with Gasteiger partial charge in [0.1, 0.15) is 18.1 Å². The summed E-state index contributed by atoms with van der Waals surface area (Å²) in [5, 5.41) is 26.0. The molecule has 1 aromatic heterocycles. The van der Waals surface area contributed by atoms with E-state index in [0.717, 1.165) is 0 Å². The number of imidazole rings is 1. The van der Waals surface area contributed by atoms with E-state index in [-0.39, 0.29) is 19.3 Å². The minimum Gasteiger partial charge on any atom is -0.481 e. The number of aliphatic carboxylic acids is 2. The van der Waals surface area contributed by atoms with E-state index in [1.54, 1.807) is 30.3 Å². The molecule has 14 heteroatoms. The molecule has 0 fully saturated rings. The summed E-state index contributed by atoms with van der Waals surface area (Å²) in [6, 6.07) is 3.60. The van der Waals surface area contributed by atoms with E-state index in [0.29, 0.717) is 30.6 Å². The minimum atomic E-state index is -1.60. The van der Waals surface area contributed by atoms with E-state index in [1.165, 1.54) is 12.5 Å². The Labute approximate surface area is 224 Å². The molecule has 1 heterocycles. The Morgan fingerprint density at radius 1 is 0.872 bits per heavy atom. The van der Waals surface area contributed by atoms with Crippen molar-refractivity contribution < 1.29 is 34.2 Å². The lowest BCUT2D eigenvalue weighted by Crippen LogP contribution is -2.58. The van der Waals surface area contributed by atoms with Crippen LogP contribution in [0.5, 0.6) is 0 Å². The van der Waals surface area contributed by atoms with Gasteiger partial charge >= 0.3 is 11.9 Å². The standard InChI is InChI=1S/C25H35N7O7/c26-9-5-4-8-18(25(38)39)30-24(37)20(12-21(33)34)32-23(36)19(10-15-6-2-1-3-7-15)31-22(35)17(27)11-16-13-28-14-29-16/h1-3,6-7,13-14,17-20H,4-5,8-12,26-27H2,(H,28,29)(H,30,37)(H,31,35)(H,32,36)(H,33,34)(H,38,39)/t17-,18-,19-,20-/m0/s1. The average molecular weight is 546 g/mol. The molecule has 0 saturated carbocycles. The van der Waals surface area contributed by atoms with Crippen molar-refractivity contribution in [2.45, 2.75) is 62.7 Å². The zero-order valence-corrected chi connectivity index (χ0v) is 21.3. The topological polar surface area (TPSA) is 243 Å². The van der Waals surface area contributed by atoms with Gasteiger partial charge in [0.15, 0.2) is 0 Å². The third-order valence-electron chi connectivity index (χ3n) is 5.82. The molecular formula is C25H35N7O7. The summed E-state index contributed by atoms with van der Waals surface area (Å²) < 4.78 is 0. The second-order valence-corrected chi connectivity index (χ2v) is 8.98. The first-order chi connectivity index (χ1) is 18.6. The van der Waals surface area contributed by atoms with Crippen molar-refractivity contribution in [1.82, 2.24) is 25.9 Å². The molecule has 3 amide bonds. The average Bonchev–Trinajstić information content (AvgIpc) is 3.40. The van der Waals surface area contributed by atoms with E-state index in [9.17, 15) is 34.2 Å². The molecule has 0 unspecified atom stereocenters. The highest BCUT2D eigenvalue weighted by Crippen LogP contribution is 2.07. The summed E-state index contributed by atoms with van der Waals surface area (Å²) in [4.78, 5) is 68.7. The molecule has 2 rings (SSSR count). The SMILES string of the molecule is NCCCC[C@H](NC(=O)[C@H](CC(=O)O)NC(=O)[C@H](Cc1ccccc1)NC(=O)[C@@H](N)Cc1cnc[nH]1)C(=O)O. The van der Waals surface area contributed by atoms with Crippen LogP contribution in [0.3, 0.4) is 0 Å². The Morgan fingerprint density at radius 2 is 1.51 bits per heavy atom. The van der Waals surface area contributed by atoms with Gasteiger partial charge in [-0.15, -0.1) is 0 Å². The maximum atomic E-state index is 13.3. The van der Waals surface area contributed by atoms with Crippen LogP contribution in [0.4, 0.5) is 0 Å². The van der Waals surface area contributed by atoms with E-state index < -0.39 is 60.2 Å². The molecule has 1 aromatic carbocycles. The fourth-order valence-corrected chi connectivity index (χ4v) is 3.74. The molecule has 4 atom stereocenters. The summed E-state index contributed by atoms with van der Waals surface area (Å²) in [5.41, 5.74) is 12.7. The van der Waals surface area contributed by atoms with E-state index >= 15 is 0 Å². The monoisotopic (exact) mass is 545 g/mol. The van der Waals surface area contributed by atoms with Crippen LogP contribution in [0.1, 0.15) is 36.9 Å². The number of nitrogens with zero attached hydrogens (tertiary/aromatic N) is 1. The van der Waals surface area contributed by atoms with Crippen LogP contribution >= 0.6 is 0 Å². The molecule has 0 bridgehead atoms. The highest BCUT2D eigenvalue weighted by Gasteiger charge is 2.31. The van der Waals surface area contributed by atoms with Crippen LogP contribution < -0.4 is 27.4 Å². The first-order valence-corrected chi connectivity index (χ1v) is 12.4. The molecule has 0 aliphatic carbocycles. The number of hydrogen-bond acceptors (Lipinski definition) is 8. The van der Waals surface area contributed by atoms with Gasteiger partial charge in [-0.1, -0.05) is 30.3 Å². The smallest absolute Gasteiger partial charge is 0.326 e. The van der Waals surface area contributed by atoms with Crippen molar-refractivity contribution in [3.05, 3.63) is 54.1 Å². The minimum absolute atomic E-state index is 0.0213. The van der Waals surface area contributed by atoms with Crippen LogP contribution in [0, 0.1) is 0 Å². The van der Waals surface area contributed by atoms with Gasteiger partial charge in [-0.3, -0.25) is 19.2 Å². The molecular weight excluding hydrogens is 510 g/mol. The quantitative estimate of drug-likeness (QED) is 0.109. The number of aromatic nitrogens is 2. The predicted molar refractivity (Wildman–Crippen MR) is 139 cm³/mol. The summed E-state index contributed by atoms with van der Waals surface area (Å²) in [7, 11) is 0. The Kier molecular flexibility index (Phi) is 12.6. The number of H-pyrrole nitrogens is 1. The molecule has 0 spiro atoms. The number of nitrogens with two attached hydrogens (primary N) is 2. The van der Waals surface area contributed by atoms with Gasteiger partial charge in [-0.25, -0.2) is 9.78 Å². The number of carbonyl (C=O) groups excluding carboxylic acids is 3. The first kappa shape index (κ1) is 30.9. The molecule has 0 saturated heterocycles. The van der Waals surface area contributed by atoms with Crippen molar-refractivity contribution in [3.8, 4) is 0 Å². The van der Waals surface area contributed by atoms with Crippen molar-refractivity contribution in [2.24, 2.45) is 11.5 Å². The maximum absolute atomic E-state index is 13.3. The van der Waals surface area contributed by atoms with Crippen molar-refractivity contribution in [1.29, 1.82) is 0 Å². The molecule has 14 nitrogen and oxygen atoms in total. The van der Waals surface area contributed by atoms with Crippen molar-refractivity contribution in [2.75, 3.05) is 6.54 Å². The largest absolute Gasteiger partial charge is 0.481 e. The Hall–Kier alpha value is -4.30. The molecule has 39 heavy (non-hydrogen) atoms. The lowest BCUT2D eigenvalue weighted by Gasteiger charge is -2.24. The number of carbonyl (C=O) groups is 5. The third-order valence-corrected chi connectivity index (χ3v) is 5.82. The maximum Gasteiger partial charge on any atom is 0.326 e. The summed E-state index contributed by atoms with van der Waals surface area (Å²) in [6.45, 7) is 0.345. The fourth-order valence-electron chi connectivity index (χ4n) is 3.74. The third kappa shape index (κ3) is 10.9. The highest BCUT2D eigenvalue weighted by atomic mass is 16.4. The number of unbranched alkanes of at least 4 members (excludes halogenated alkanes) is 1. The van der Waals surface area contributed by atoms with Gasteiger partial charge < -0.3 is 42.6 Å². The normalized spacial score (nSPS) is 13.9. The van der Waals surface area contributed by atoms with Gasteiger partial charge in [0.2, 0.25) is 17.7 Å². The number of aromatic amines is 1. The molecule has 0 aliphatic rings. The summed E-state index contributed by atoms with van der Waals surface area (Å²) in [6.07, 6.45) is 3.32. The zero-order valence-electron chi connectivity index (χ0n) is 21.3. The molecule has 212 valence electrons. The van der Waals surface area contributed by atoms with Gasteiger partial charge in [0.05, 0.1) is 18.8 Å². The Balaban J connectivity index is 2.18. The lowest BCUT2D eigenvalue weighted by atomic mass is 10.0. The second-order valence-electron chi connectivity index (χ2n) is 8.98. The van der Waals surface area contributed by atoms with Gasteiger partial charge in [0, 0.05) is 24.7 Å². The molecule has 0 radical (unpaired) electrons. The number of carboxylic acids is 2. The Bertz CT molecular complexity index is 1100. The number of amides is 3. The summed E-state index contributed by atoms with van der Waals surface area (Å²) >= 11 is 0. The van der Waals surface area contributed by atoms with Crippen LogP contribution in [0.2, 0.25) is 0 Å². The van der Waals surface area contributed by atoms with Gasteiger partial charge in [-0.05, 0) is 31.4 Å². The van der Waals surface area contributed by atoms with Crippen molar-refractivity contribution >= 4 is 29.7 Å². The predicted octanol–water partition coefficient (Wildman–Crippen LogP) is -1.34. The number of benzene rings is 1. The highest BCUT2D eigenvalue weighted by molar-refractivity contribution is 5.95. The van der Waals surface area contributed by atoms with Crippen LogP contribution in [0.15, 0.2) is 42.9 Å². The van der Waals surface area contributed by atoms with E-state index in [1.807, 2.05) is 0 Å². The molecule has 10 N–H and O–H groups in total. The number of rotatable bonds is 17. The van der Waals surface area contributed by atoms with Crippen molar-refractivity contribution in [3.63, 3.8) is 0 Å². The van der Waals surface area contributed by atoms with Gasteiger partial charge in [-0.2, -0.15) is 0 Å². The number of nitrogens with one attached hydrogen (secondary N) is 4. The molecule has 0 aliphatic heterocycles. The Morgan fingerprint density at radius 3 is 2.10 bits per heavy atom. The van der Waals surface area contributed by atoms with E-state index in [2.05, 4.69) is 25.9 Å². The van der Waals surface area contributed by atoms with Crippen LogP contribution in [-0.2, 0) is 36.8 Å². The second kappa shape index (κ2) is 15.8. The first-order valence-electron chi connectivity index (χ1n) is 12.4. The van der Waals surface area contributed by atoms with E-state index in [4.69, 9.17) is 11.5 Å². The summed E-state index contributed by atoms with van der Waals surface area (Å²) in [5.74, 6) is -5.16. The number of carboxylic acid groups (broad SMARTS) is 2. The van der Waals surface area contributed by atoms with Crippen LogP contribution in [-0.4, -0.2) is 80.6 Å². The number of hydrogen-bond donors (Lipinski definition) is 8. The fraction of sp³-hybridized carbons (Fsp3) is 0.440.